The van der Waals surface area contributed by atoms with Gasteiger partial charge in [0, 0.05) is 13.5 Å². The summed E-state index contributed by atoms with van der Waals surface area (Å²) in [5, 5.41) is 8.70. The molecule has 0 spiro atoms. The van der Waals surface area contributed by atoms with Crippen molar-refractivity contribution in [1.82, 2.24) is 4.90 Å². The van der Waals surface area contributed by atoms with Crippen LogP contribution in [0.4, 0.5) is 0 Å². The van der Waals surface area contributed by atoms with Crippen molar-refractivity contribution in [2.45, 2.75) is 25.8 Å². The van der Waals surface area contributed by atoms with Crippen molar-refractivity contribution in [1.29, 1.82) is 5.26 Å². The zero-order valence-electron chi connectivity index (χ0n) is 9.68. The summed E-state index contributed by atoms with van der Waals surface area (Å²) in [6, 6.07) is 11.6. The van der Waals surface area contributed by atoms with Crippen LogP contribution in [0.15, 0.2) is 30.3 Å². The molecule has 0 fully saturated rings. The van der Waals surface area contributed by atoms with Crippen molar-refractivity contribution in [3.05, 3.63) is 35.9 Å². The summed E-state index contributed by atoms with van der Waals surface area (Å²) in [4.78, 5) is 13.2. The molecule has 1 rings (SSSR count). The molecule has 0 saturated carbocycles. The summed E-state index contributed by atoms with van der Waals surface area (Å²) in [5.74, 6) is 0.0119. The number of nitriles is 1. The summed E-state index contributed by atoms with van der Waals surface area (Å²) in [6.45, 7) is 1.72. The fourth-order valence-electron chi connectivity index (χ4n) is 1.37. The van der Waals surface area contributed by atoms with Crippen LogP contribution >= 0.6 is 0 Å². The largest absolute Gasteiger partial charge is 0.330 e. The van der Waals surface area contributed by atoms with Gasteiger partial charge >= 0.3 is 0 Å². The highest BCUT2D eigenvalue weighted by Gasteiger charge is 2.14. The smallest absolute Gasteiger partial charge is 0.223 e. The average molecular weight is 216 g/mol. The molecule has 1 atom stereocenters. The van der Waals surface area contributed by atoms with E-state index in [-0.39, 0.29) is 11.9 Å². The lowest BCUT2D eigenvalue weighted by atomic mass is 10.1. The Morgan fingerprint density at radius 2 is 2.06 bits per heavy atom. The highest BCUT2D eigenvalue weighted by molar-refractivity contribution is 5.76. The van der Waals surface area contributed by atoms with E-state index in [9.17, 15) is 4.79 Å². The number of nitrogens with zero attached hydrogens (tertiary/aromatic N) is 2. The number of amides is 1. The molecule has 0 aliphatic rings. The molecule has 1 unspecified atom stereocenters. The molecule has 0 saturated heterocycles. The van der Waals surface area contributed by atoms with E-state index < -0.39 is 0 Å². The molecular weight excluding hydrogens is 200 g/mol. The van der Waals surface area contributed by atoms with Crippen LogP contribution in [0.2, 0.25) is 0 Å². The standard InChI is InChI=1S/C13H16N2O/c1-11(10-14)15(2)13(16)9-8-12-6-4-3-5-7-12/h3-7,11H,8-9H2,1-2H3. The Hall–Kier alpha value is -1.82. The monoisotopic (exact) mass is 216 g/mol. The van der Waals surface area contributed by atoms with Gasteiger partial charge in [0.15, 0.2) is 0 Å². The maximum absolute atomic E-state index is 11.7. The second kappa shape index (κ2) is 5.92. The van der Waals surface area contributed by atoms with E-state index in [4.69, 9.17) is 5.26 Å². The predicted octanol–water partition coefficient (Wildman–Crippen LogP) is 1.99. The van der Waals surface area contributed by atoms with Crippen molar-refractivity contribution in [3.8, 4) is 6.07 Å². The lowest BCUT2D eigenvalue weighted by Gasteiger charge is -2.19. The number of hydrogen-bond acceptors (Lipinski definition) is 2. The van der Waals surface area contributed by atoms with E-state index in [1.54, 1.807) is 14.0 Å². The second-order valence-electron chi connectivity index (χ2n) is 3.80. The van der Waals surface area contributed by atoms with Crippen LogP contribution < -0.4 is 0 Å². The molecule has 3 nitrogen and oxygen atoms in total. The third kappa shape index (κ3) is 3.39. The van der Waals surface area contributed by atoms with E-state index in [0.29, 0.717) is 6.42 Å². The Labute approximate surface area is 96.3 Å². The molecule has 1 aromatic rings. The molecule has 84 valence electrons. The molecule has 0 aliphatic heterocycles. The van der Waals surface area contributed by atoms with Gasteiger partial charge in [-0.15, -0.1) is 0 Å². The number of hydrogen-bond donors (Lipinski definition) is 0. The van der Waals surface area contributed by atoms with E-state index in [1.807, 2.05) is 36.4 Å². The normalized spacial score (nSPS) is 11.6. The number of aryl methyl sites for hydroxylation is 1. The summed E-state index contributed by atoms with van der Waals surface area (Å²) in [5.41, 5.74) is 1.15. The fraction of sp³-hybridized carbons (Fsp3) is 0.385. The molecule has 0 heterocycles. The number of rotatable bonds is 4. The van der Waals surface area contributed by atoms with Crippen LogP contribution in [0.3, 0.4) is 0 Å². The molecule has 0 aromatic heterocycles. The molecule has 1 aromatic carbocycles. The highest BCUT2D eigenvalue weighted by atomic mass is 16.2. The van der Waals surface area contributed by atoms with Crippen molar-refractivity contribution >= 4 is 5.91 Å². The third-order valence-corrected chi connectivity index (χ3v) is 2.63. The zero-order valence-corrected chi connectivity index (χ0v) is 9.68. The maximum Gasteiger partial charge on any atom is 0.223 e. The topological polar surface area (TPSA) is 44.1 Å². The Morgan fingerprint density at radius 3 is 2.62 bits per heavy atom. The summed E-state index contributed by atoms with van der Waals surface area (Å²) < 4.78 is 0. The highest BCUT2D eigenvalue weighted by Crippen LogP contribution is 2.05. The first-order valence-electron chi connectivity index (χ1n) is 5.34. The molecular formula is C13H16N2O. The van der Waals surface area contributed by atoms with Crippen molar-refractivity contribution in [2.24, 2.45) is 0 Å². The lowest BCUT2D eigenvalue weighted by Crippen LogP contribution is -2.34. The van der Waals surface area contributed by atoms with E-state index in [1.165, 1.54) is 4.90 Å². The van der Waals surface area contributed by atoms with Crippen LogP contribution in [0.25, 0.3) is 0 Å². The Kier molecular flexibility index (Phi) is 4.53. The van der Waals surface area contributed by atoms with E-state index in [2.05, 4.69) is 0 Å². The summed E-state index contributed by atoms with van der Waals surface area (Å²) in [7, 11) is 1.67. The Morgan fingerprint density at radius 1 is 1.44 bits per heavy atom. The number of carbonyl (C=O) groups excluding carboxylic acids is 1. The van der Waals surface area contributed by atoms with Crippen molar-refractivity contribution in [2.75, 3.05) is 7.05 Å². The number of carbonyl (C=O) groups is 1. The quantitative estimate of drug-likeness (QED) is 0.772. The van der Waals surface area contributed by atoms with Crippen LogP contribution in [-0.4, -0.2) is 23.9 Å². The van der Waals surface area contributed by atoms with Gasteiger partial charge in [-0.25, -0.2) is 0 Å². The van der Waals surface area contributed by atoms with Gasteiger partial charge in [0.1, 0.15) is 6.04 Å². The van der Waals surface area contributed by atoms with Crippen molar-refractivity contribution in [3.63, 3.8) is 0 Å². The molecule has 0 N–H and O–H groups in total. The minimum atomic E-state index is -0.358. The van der Waals surface area contributed by atoms with Gasteiger partial charge in [-0.3, -0.25) is 4.79 Å². The SMILES string of the molecule is CC(C#N)N(C)C(=O)CCc1ccccc1. The first kappa shape index (κ1) is 12.3. The van der Waals surface area contributed by atoms with Crippen LogP contribution in [0.5, 0.6) is 0 Å². The average Bonchev–Trinajstić information content (AvgIpc) is 2.35. The first-order valence-corrected chi connectivity index (χ1v) is 5.34. The summed E-state index contributed by atoms with van der Waals surface area (Å²) in [6.07, 6.45) is 1.18. The lowest BCUT2D eigenvalue weighted by molar-refractivity contribution is -0.130. The molecule has 0 aliphatic carbocycles. The van der Waals surface area contributed by atoms with E-state index in [0.717, 1.165) is 12.0 Å². The zero-order chi connectivity index (χ0) is 12.0. The van der Waals surface area contributed by atoms with Gasteiger partial charge in [-0.2, -0.15) is 5.26 Å². The minimum absolute atomic E-state index is 0.0119. The Balaban J connectivity index is 2.45. The van der Waals surface area contributed by atoms with Gasteiger partial charge in [-0.05, 0) is 18.9 Å². The van der Waals surface area contributed by atoms with Gasteiger partial charge < -0.3 is 4.90 Å². The number of benzene rings is 1. The van der Waals surface area contributed by atoms with Crippen molar-refractivity contribution < 1.29 is 4.79 Å². The molecule has 0 radical (unpaired) electrons. The van der Waals surface area contributed by atoms with Gasteiger partial charge in [0.05, 0.1) is 6.07 Å². The molecule has 1 amide bonds. The van der Waals surface area contributed by atoms with Crippen LogP contribution in [-0.2, 0) is 11.2 Å². The summed E-state index contributed by atoms with van der Waals surface area (Å²) >= 11 is 0. The molecule has 3 heteroatoms. The fourth-order valence-corrected chi connectivity index (χ4v) is 1.37. The molecule has 0 bridgehead atoms. The molecule has 16 heavy (non-hydrogen) atoms. The first-order chi connectivity index (χ1) is 7.65. The van der Waals surface area contributed by atoms with Crippen LogP contribution in [0.1, 0.15) is 18.9 Å². The maximum atomic E-state index is 11.7. The Bertz CT molecular complexity index is 381. The van der Waals surface area contributed by atoms with Gasteiger partial charge in [0.2, 0.25) is 5.91 Å². The van der Waals surface area contributed by atoms with Gasteiger partial charge in [-0.1, -0.05) is 30.3 Å². The van der Waals surface area contributed by atoms with Gasteiger partial charge in [0.25, 0.3) is 0 Å². The minimum Gasteiger partial charge on any atom is -0.330 e. The predicted molar refractivity (Wildman–Crippen MR) is 62.6 cm³/mol. The van der Waals surface area contributed by atoms with E-state index >= 15 is 0 Å². The second-order valence-corrected chi connectivity index (χ2v) is 3.80. The third-order valence-electron chi connectivity index (χ3n) is 2.63. The van der Waals surface area contributed by atoms with Crippen LogP contribution in [0, 0.1) is 11.3 Å².